The van der Waals surface area contributed by atoms with E-state index in [9.17, 15) is 5.11 Å². The minimum absolute atomic E-state index is 0.128. The first kappa shape index (κ1) is 16.5. The van der Waals surface area contributed by atoms with Gasteiger partial charge in [-0.3, -0.25) is 0 Å². The minimum atomic E-state index is -0.210. The summed E-state index contributed by atoms with van der Waals surface area (Å²) in [5.74, 6) is 1.94. The maximum atomic E-state index is 10.1. The molecule has 3 N–H and O–H groups in total. The van der Waals surface area contributed by atoms with Gasteiger partial charge in [0.05, 0.1) is 13.7 Å². The van der Waals surface area contributed by atoms with E-state index in [1.54, 1.807) is 19.4 Å². The van der Waals surface area contributed by atoms with Crippen molar-refractivity contribution in [3.05, 3.63) is 42.1 Å². The Bertz CT molecular complexity index is 694. The molecular weight excluding hydrogens is 304 g/mol. The summed E-state index contributed by atoms with van der Waals surface area (Å²) >= 11 is 0. The topological polar surface area (TPSA) is 84.5 Å². The van der Waals surface area contributed by atoms with Gasteiger partial charge in [0.25, 0.3) is 0 Å². The van der Waals surface area contributed by atoms with Crippen molar-refractivity contribution in [1.29, 1.82) is 0 Å². The largest absolute Gasteiger partial charge is 0.497 e. The van der Waals surface area contributed by atoms with E-state index in [4.69, 9.17) is 10.5 Å². The van der Waals surface area contributed by atoms with Gasteiger partial charge in [-0.05, 0) is 43.0 Å². The first-order chi connectivity index (χ1) is 11.6. The molecule has 1 unspecified atom stereocenters. The lowest BCUT2D eigenvalue weighted by atomic mass is 9.76. The molecule has 0 saturated carbocycles. The number of rotatable bonds is 5. The smallest absolute Gasteiger partial charge is 0.227 e. The molecule has 6 heteroatoms. The van der Waals surface area contributed by atoms with Gasteiger partial charge in [0, 0.05) is 24.7 Å². The number of hydrogen-bond donors (Lipinski definition) is 2. The number of nitrogens with zero attached hydrogens (tertiary/aromatic N) is 3. The van der Waals surface area contributed by atoms with Crippen LogP contribution in [0.15, 0.2) is 36.5 Å². The molecule has 0 amide bonds. The molecule has 0 aliphatic carbocycles. The Morgan fingerprint density at radius 1 is 1.38 bits per heavy atom. The van der Waals surface area contributed by atoms with Gasteiger partial charge in [-0.25, -0.2) is 4.98 Å². The SMILES string of the molecule is COc1cccc(CC2(CO)CCCN(c3nccc(N)n3)C2)c1. The highest BCUT2D eigenvalue weighted by Gasteiger charge is 2.36. The number of anilines is 2. The molecule has 1 aromatic carbocycles. The molecule has 1 fully saturated rings. The number of aromatic nitrogens is 2. The molecule has 128 valence electrons. The van der Waals surface area contributed by atoms with Crippen molar-refractivity contribution in [2.75, 3.05) is 37.4 Å². The lowest BCUT2D eigenvalue weighted by Crippen LogP contribution is -2.47. The number of hydrogen-bond acceptors (Lipinski definition) is 6. The number of nitrogen functional groups attached to an aromatic ring is 1. The van der Waals surface area contributed by atoms with Crippen LogP contribution in [0, 0.1) is 5.41 Å². The van der Waals surface area contributed by atoms with E-state index in [1.165, 1.54) is 5.56 Å². The number of methoxy groups -OCH3 is 1. The molecule has 3 rings (SSSR count). The molecule has 2 heterocycles. The van der Waals surface area contributed by atoms with Crippen LogP contribution >= 0.6 is 0 Å². The van der Waals surface area contributed by atoms with Crippen molar-refractivity contribution in [3.63, 3.8) is 0 Å². The molecule has 1 atom stereocenters. The molecular formula is C18H24N4O2. The summed E-state index contributed by atoms with van der Waals surface area (Å²) in [6.07, 6.45) is 4.43. The predicted octanol–water partition coefficient (Wildman–Crippen LogP) is 1.89. The average Bonchev–Trinajstić information content (AvgIpc) is 2.62. The van der Waals surface area contributed by atoms with Gasteiger partial charge in [-0.1, -0.05) is 12.1 Å². The third kappa shape index (κ3) is 3.59. The van der Waals surface area contributed by atoms with Crippen LogP contribution in [-0.4, -0.2) is 41.9 Å². The highest BCUT2D eigenvalue weighted by Crippen LogP contribution is 2.35. The molecule has 0 radical (unpaired) electrons. The number of aliphatic hydroxyl groups excluding tert-OH is 1. The monoisotopic (exact) mass is 328 g/mol. The first-order valence-corrected chi connectivity index (χ1v) is 8.21. The van der Waals surface area contributed by atoms with Gasteiger partial charge in [0.1, 0.15) is 11.6 Å². The Balaban J connectivity index is 1.80. The maximum Gasteiger partial charge on any atom is 0.227 e. The summed E-state index contributed by atoms with van der Waals surface area (Å²) in [7, 11) is 1.67. The molecule has 1 aliphatic rings. The van der Waals surface area contributed by atoms with Crippen LogP contribution < -0.4 is 15.4 Å². The van der Waals surface area contributed by atoms with Gasteiger partial charge in [0.2, 0.25) is 5.95 Å². The summed E-state index contributed by atoms with van der Waals surface area (Å²) in [5.41, 5.74) is 6.74. The Hall–Kier alpha value is -2.34. The van der Waals surface area contributed by atoms with Crippen molar-refractivity contribution < 1.29 is 9.84 Å². The third-order valence-corrected chi connectivity index (χ3v) is 4.66. The minimum Gasteiger partial charge on any atom is -0.497 e. The van der Waals surface area contributed by atoms with Crippen LogP contribution in [0.3, 0.4) is 0 Å². The lowest BCUT2D eigenvalue weighted by molar-refractivity contribution is 0.105. The van der Waals surface area contributed by atoms with Gasteiger partial charge in [-0.2, -0.15) is 4.98 Å². The molecule has 24 heavy (non-hydrogen) atoms. The van der Waals surface area contributed by atoms with E-state index in [0.29, 0.717) is 18.3 Å². The first-order valence-electron chi connectivity index (χ1n) is 8.21. The zero-order chi connectivity index (χ0) is 17.0. The average molecular weight is 328 g/mol. The van der Waals surface area contributed by atoms with Crippen LogP contribution in [0.2, 0.25) is 0 Å². The summed E-state index contributed by atoms with van der Waals surface area (Å²) < 4.78 is 5.31. The molecule has 1 aliphatic heterocycles. The number of nitrogens with two attached hydrogens (primary N) is 1. The summed E-state index contributed by atoms with van der Waals surface area (Å²) in [6, 6.07) is 9.72. The predicted molar refractivity (Wildman–Crippen MR) is 94.1 cm³/mol. The summed E-state index contributed by atoms with van der Waals surface area (Å²) in [5, 5.41) is 10.1. The van der Waals surface area contributed by atoms with Crippen LogP contribution in [-0.2, 0) is 6.42 Å². The second kappa shape index (κ2) is 7.05. The van der Waals surface area contributed by atoms with Crippen molar-refractivity contribution in [2.24, 2.45) is 5.41 Å². The Labute approximate surface area is 142 Å². The van der Waals surface area contributed by atoms with E-state index in [0.717, 1.165) is 31.6 Å². The fraction of sp³-hybridized carbons (Fsp3) is 0.444. The van der Waals surface area contributed by atoms with Crippen LogP contribution in [0.5, 0.6) is 5.75 Å². The molecule has 6 nitrogen and oxygen atoms in total. The van der Waals surface area contributed by atoms with Crippen LogP contribution in [0.4, 0.5) is 11.8 Å². The lowest BCUT2D eigenvalue weighted by Gasteiger charge is -2.42. The molecule has 1 aromatic heterocycles. The third-order valence-electron chi connectivity index (χ3n) is 4.66. The molecule has 0 spiro atoms. The Kier molecular flexibility index (Phi) is 4.85. The van der Waals surface area contributed by atoms with E-state index >= 15 is 0 Å². The van der Waals surface area contributed by atoms with E-state index in [2.05, 4.69) is 20.9 Å². The number of aliphatic hydroxyl groups is 1. The van der Waals surface area contributed by atoms with E-state index in [-0.39, 0.29) is 12.0 Å². The van der Waals surface area contributed by atoms with Crippen molar-refractivity contribution in [1.82, 2.24) is 9.97 Å². The van der Waals surface area contributed by atoms with Gasteiger partial charge >= 0.3 is 0 Å². The van der Waals surface area contributed by atoms with Gasteiger partial charge in [0.15, 0.2) is 0 Å². The quantitative estimate of drug-likeness (QED) is 0.872. The molecule has 2 aromatic rings. The van der Waals surface area contributed by atoms with Gasteiger partial charge < -0.3 is 20.5 Å². The number of benzene rings is 1. The fourth-order valence-electron chi connectivity index (χ4n) is 3.44. The fourth-order valence-corrected chi connectivity index (χ4v) is 3.44. The Morgan fingerprint density at radius 2 is 2.25 bits per heavy atom. The summed E-state index contributed by atoms with van der Waals surface area (Å²) in [6.45, 7) is 1.72. The second-order valence-corrected chi connectivity index (χ2v) is 6.49. The van der Waals surface area contributed by atoms with E-state index < -0.39 is 0 Å². The highest BCUT2D eigenvalue weighted by atomic mass is 16.5. The zero-order valence-corrected chi connectivity index (χ0v) is 14.0. The van der Waals surface area contributed by atoms with Crippen molar-refractivity contribution in [2.45, 2.75) is 19.3 Å². The second-order valence-electron chi connectivity index (χ2n) is 6.49. The van der Waals surface area contributed by atoms with Crippen LogP contribution in [0.25, 0.3) is 0 Å². The highest BCUT2D eigenvalue weighted by molar-refractivity contribution is 5.39. The zero-order valence-electron chi connectivity index (χ0n) is 14.0. The van der Waals surface area contributed by atoms with Crippen molar-refractivity contribution >= 4 is 11.8 Å². The number of ether oxygens (including phenoxy) is 1. The van der Waals surface area contributed by atoms with Crippen LogP contribution in [0.1, 0.15) is 18.4 Å². The van der Waals surface area contributed by atoms with Crippen molar-refractivity contribution in [3.8, 4) is 5.75 Å². The molecule has 0 bridgehead atoms. The normalized spacial score (nSPS) is 20.8. The standard InChI is InChI=1S/C18H24N4O2/c1-24-15-5-2-4-14(10-15)11-18(13-23)7-3-9-22(12-18)17-20-8-6-16(19)21-17/h2,4-6,8,10,23H,3,7,9,11-13H2,1H3,(H2,19,20,21). The molecule has 1 saturated heterocycles. The van der Waals surface area contributed by atoms with E-state index in [1.807, 2.05) is 18.2 Å². The van der Waals surface area contributed by atoms with Gasteiger partial charge in [-0.15, -0.1) is 0 Å². The Morgan fingerprint density at radius 3 is 3.00 bits per heavy atom. The number of piperidine rings is 1. The maximum absolute atomic E-state index is 10.1. The summed E-state index contributed by atoms with van der Waals surface area (Å²) in [4.78, 5) is 10.8.